The first-order valence-corrected chi connectivity index (χ1v) is 9.99. The van der Waals surface area contributed by atoms with Crippen molar-refractivity contribution in [2.45, 2.75) is 17.7 Å². The number of fused-ring (bicyclic) bond motifs is 1. The Hall–Kier alpha value is -3.18. The van der Waals surface area contributed by atoms with Gasteiger partial charge in [0.2, 0.25) is 0 Å². The highest BCUT2D eigenvalue weighted by atomic mass is 32.2. The quantitative estimate of drug-likeness (QED) is 0.365. The van der Waals surface area contributed by atoms with E-state index in [1.165, 1.54) is 0 Å². The van der Waals surface area contributed by atoms with Crippen LogP contribution in [0.5, 0.6) is 0 Å². The average molecular weight is 385 g/mol. The number of anilines is 1. The highest BCUT2D eigenvalue weighted by Crippen LogP contribution is 2.28. The Kier molecular flexibility index (Phi) is 5.35. The van der Waals surface area contributed by atoms with Gasteiger partial charge < -0.3 is 5.32 Å². The SMILES string of the molecule is Cc1nc(SCc2ccc(C(=O)Nc3ccccc3)cc2)c2ccccc2n1. The Balaban J connectivity index is 1.45. The molecule has 0 saturated heterocycles. The summed E-state index contributed by atoms with van der Waals surface area (Å²) in [5.41, 5.74) is 3.53. The molecule has 0 atom stereocenters. The predicted molar refractivity (Wildman–Crippen MR) is 115 cm³/mol. The molecule has 1 aromatic heterocycles. The van der Waals surface area contributed by atoms with Crippen molar-refractivity contribution in [2.24, 2.45) is 0 Å². The molecule has 5 heteroatoms. The van der Waals surface area contributed by atoms with Crippen LogP contribution in [-0.4, -0.2) is 15.9 Å². The molecule has 0 radical (unpaired) electrons. The van der Waals surface area contributed by atoms with Gasteiger partial charge in [-0.3, -0.25) is 4.79 Å². The molecule has 0 unspecified atom stereocenters. The third-order valence-electron chi connectivity index (χ3n) is 4.30. The molecule has 0 bridgehead atoms. The van der Waals surface area contributed by atoms with Gasteiger partial charge >= 0.3 is 0 Å². The van der Waals surface area contributed by atoms with Crippen molar-refractivity contribution in [3.8, 4) is 0 Å². The number of thioether (sulfide) groups is 1. The van der Waals surface area contributed by atoms with Gasteiger partial charge in [-0.1, -0.05) is 48.5 Å². The van der Waals surface area contributed by atoms with Gasteiger partial charge in [0.25, 0.3) is 5.91 Å². The lowest BCUT2D eigenvalue weighted by Gasteiger charge is -2.08. The van der Waals surface area contributed by atoms with Crippen molar-refractivity contribution < 1.29 is 4.79 Å². The van der Waals surface area contributed by atoms with E-state index in [9.17, 15) is 4.79 Å². The van der Waals surface area contributed by atoms with Crippen molar-refractivity contribution >= 4 is 34.3 Å². The van der Waals surface area contributed by atoms with Crippen molar-refractivity contribution in [3.63, 3.8) is 0 Å². The number of nitrogens with zero attached hydrogens (tertiary/aromatic N) is 2. The molecular formula is C23H19N3OS. The van der Waals surface area contributed by atoms with Crippen LogP contribution in [0.3, 0.4) is 0 Å². The summed E-state index contributed by atoms with van der Waals surface area (Å²) in [5, 5.41) is 4.95. The van der Waals surface area contributed by atoms with E-state index in [2.05, 4.69) is 15.3 Å². The molecule has 4 aromatic rings. The maximum atomic E-state index is 12.4. The molecule has 4 nitrogen and oxygen atoms in total. The van der Waals surface area contributed by atoms with Gasteiger partial charge in [-0.05, 0) is 42.8 Å². The summed E-state index contributed by atoms with van der Waals surface area (Å²) in [6.07, 6.45) is 0. The lowest BCUT2D eigenvalue weighted by atomic mass is 10.1. The first-order chi connectivity index (χ1) is 13.7. The van der Waals surface area contributed by atoms with Gasteiger partial charge in [0, 0.05) is 22.4 Å². The Morgan fingerprint density at radius 1 is 0.893 bits per heavy atom. The zero-order valence-electron chi connectivity index (χ0n) is 15.4. The molecule has 0 aliphatic carbocycles. The number of rotatable bonds is 5. The number of aromatic nitrogens is 2. The summed E-state index contributed by atoms with van der Waals surface area (Å²) in [5.74, 6) is 1.44. The third-order valence-corrected chi connectivity index (χ3v) is 5.37. The van der Waals surface area contributed by atoms with Gasteiger partial charge in [0.05, 0.1) is 5.52 Å². The molecule has 1 amide bonds. The second kappa shape index (κ2) is 8.23. The lowest BCUT2D eigenvalue weighted by molar-refractivity contribution is 0.102. The standard InChI is InChI=1S/C23H19N3OS/c1-16-24-21-10-6-5-9-20(21)23(25-16)28-15-17-11-13-18(14-12-17)22(27)26-19-7-3-2-4-8-19/h2-14H,15H2,1H3,(H,26,27). The predicted octanol–water partition coefficient (Wildman–Crippen LogP) is 5.48. The molecule has 1 heterocycles. The summed E-state index contributed by atoms with van der Waals surface area (Å²) in [6, 6.07) is 25.2. The van der Waals surface area contributed by atoms with Crippen LogP contribution in [0.4, 0.5) is 5.69 Å². The van der Waals surface area contributed by atoms with E-state index in [0.717, 1.165) is 38.8 Å². The van der Waals surface area contributed by atoms with Crippen LogP contribution in [0.15, 0.2) is 83.9 Å². The van der Waals surface area contributed by atoms with Crippen LogP contribution >= 0.6 is 11.8 Å². The average Bonchev–Trinajstić information content (AvgIpc) is 2.73. The van der Waals surface area contributed by atoms with Crippen LogP contribution in [0.1, 0.15) is 21.7 Å². The van der Waals surface area contributed by atoms with Gasteiger partial charge in [0.1, 0.15) is 10.9 Å². The van der Waals surface area contributed by atoms with Crippen LogP contribution < -0.4 is 5.32 Å². The minimum Gasteiger partial charge on any atom is -0.322 e. The number of hydrogen-bond donors (Lipinski definition) is 1. The first-order valence-electron chi connectivity index (χ1n) is 9.00. The zero-order valence-corrected chi connectivity index (χ0v) is 16.2. The van der Waals surface area contributed by atoms with E-state index in [4.69, 9.17) is 0 Å². The number of carbonyl (C=O) groups is 1. The second-order valence-electron chi connectivity index (χ2n) is 6.40. The van der Waals surface area contributed by atoms with E-state index in [1.807, 2.05) is 85.8 Å². The maximum absolute atomic E-state index is 12.4. The van der Waals surface area contributed by atoms with Crippen molar-refractivity contribution in [1.82, 2.24) is 9.97 Å². The van der Waals surface area contributed by atoms with Gasteiger partial charge in [-0.2, -0.15) is 0 Å². The van der Waals surface area contributed by atoms with Crippen molar-refractivity contribution in [2.75, 3.05) is 5.32 Å². The van der Waals surface area contributed by atoms with Crippen molar-refractivity contribution in [3.05, 3.63) is 95.8 Å². The monoisotopic (exact) mass is 385 g/mol. The highest BCUT2D eigenvalue weighted by molar-refractivity contribution is 7.98. The van der Waals surface area contributed by atoms with Crippen LogP contribution in [-0.2, 0) is 5.75 Å². The van der Waals surface area contributed by atoms with E-state index in [-0.39, 0.29) is 5.91 Å². The van der Waals surface area contributed by atoms with E-state index in [0.29, 0.717) is 5.56 Å². The largest absolute Gasteiger partial charge is 0.322 e. The van der Waals surface area contributed by atoms with E-state index in [1.54, 1.807) is 11.8 Å². The van der Waals surface area contributed by atoms with Crippen LogP contribution in [0.2, 0.25) is 0 Å². The Morgan fingerprint density at radius 2 is 1.61 bits per heavy atom. The maximum Gasteiger partial charge on any atom is 0.255 e. The number of hydrogen-bond acceptors (Lipinski definition) is 4. The normalized spacial score (nSPS) is 10.8. The summed E-state index contributed by atoms with van der Waals surface area (Å²) >= 11 is 1.68. The molecule has 0 aliphatic rings. The van der Waals surface area contributed by atoms with Gasteiger partial charge in [-0.15, -0.1) is 11.8 Å². The highest BCUT2D eigenvalue weighted by Gasteiger charge is 2.08. The molecule has 4 rings (SSSR count). The molecule has 0 fully saturated rings. The fraction of sp³-hybridized carbons (Fsp3) is 0.0870. The van der Waals surface area contributed by atoms with Crippen LogP contribution in [0.25, 0.3) is 10.9 Å². The summed E-state index contributed by atoms with van der Waals surface area (Å²) in [7, 11) is 0. The van der Waals surface area contributed by atoms with Gasteiger partial charge in [0.15, 0.2) is 0 Å². The summed E-state index contributed by atoms with van der Waals surface area (Å²) in [6.45, 7) is 1.91. The number of carbonyl (C=O) groups excluding carboxylic acids is 1. The molecule has 1 N–H and O–H groups in total. The fourth-order valence-electron chi connectivity index (χ4n) is 2.90. The Labute approximate surface area is 168 Å². The summed E-state index contributed by atoms with van der Waals surface area (Å²) in [4.78, 5) is 21.4. The van der Waals surface area contributed by atoms with E-state index >= 15 is 0 Å². The minimum absolute atomic E-state index is 0.108. The number of benzene rings is 3. The molecule has 0 saturated carbocycles. The van der Waals surface area contributed by atoms with E-state index < -0.39 is 0 Å². The third kappa shape index (κ3) is 4.21. The number of amides is 1. The van der Waals surface area contributed by atoms with Crippen LogP contribution in [0, 0.1) is 6.92 Å². The lowest BCUT2D eigenvalue weighted by Crippen LogP contribution is -2.11. The number of aryl methyl sites for hydroxylation is 1. The first kappa shape index (κ1) is 18.2. The van der Waals surface area contributed by atoms with Gasteiger partial charge in [-0.25, -0.2) is 9.97 Å². The molecule has 138 valence electrons. The Morgan fingerprint density at radius 3 is 2.39 bits per heavy atom. The topological polar surface area (TPSA) is 54.9 Å². The molecule has 0 spiro atoms. The molecule has 3 aromatic carbocycles. The smallest absolute Gasteiger partial charge is 0.255 e. The fourth-order valence-corrected chi connectivity index (χ4v) is 3.92. The number of para-hydroxylation sites is 2. The number of nitrogens with one attached hydrogen (secondary N) is 1. The molecular weight excluding hydrogens is 366 g/mol. The summed E-state index contributed by atoms with van der Waals surface area (Å²) < 4.78 is 0. The zero-order chi connectivity index (χ0) is 19.3. The molecule has 0 aliphatic heterocycles. The van der Waals surface area contributed by atoms with Crippen molar-refractivity contribution in [1.29, 1.82) is 0 Å². The second-order valence-corrected chi connectivity index (χ2v) is 7.36. The molecule has 28 heavy (non-hydrogen) atoms. The Bertz CT molecular complexity index is 1110. The minimum atomic E-state index is -0.108.